The average Bonchev–Trinajstić information content (AvgIpc) is 2.26. The predicted molar refractivity (Wildman–Crippen MR) is 67.1 cm³/mol. The molecule has 1 aromatic carbocycles. The maximum atomic E-state index is 3.08. The first-order valence-electron chi connectivity index (χ1n) is 6.13. The van der Waals surface area contributed by atoms with Gasteiger partial charge in [0.1, 0.15) is 0 Å². The van der Waals surface area contributed by atoms with Gasteiger partial charge in [-0.25, -0.2) is 0 Å². The van der Waals surface area contributed by atoms with Crippen LogP contribution in [0.4, 0.5) is 0 Å². The van der Waals surface area contributed by atoms with Crippen LogP contribution < -0.4 is 0 Å². The van der Waals surface area contributed by atoms with Crippen LogP contribution in [0.15, 0.2) is 24.3 Å². The second-order valence-electron chi connectivity index (χ2n) is 4.98. The van der Waals surface area contributed by atoms with E-state index < -0.39 is 0 Å². The Hall–Kier alpha value is -0.780. The summed E-state index contributed by atoms with van der Waals surface area (Å²) in [4.78, 5) is 0. The van der Waals surface area contributed by atoms with Gasteiger partial charge in [0.15, 0.2) is 0 Å². The average molecular weight is 203 g/mol. The van der Waals surface area contributed by atoms with Crippen LogP contribution in [0.2, 0.25) is 0 Å². The highest BCUT2D eigenvalue weighted by molar-refractivity contribution is 5.22. The minimum Gasteiger partial charge on any atom is -0.0654 e. The Morgan fingerprint density at radius 1 is 1.07 bits per heavy atom. The summed E-state index contributed by atoms with van der Waals surface area (Å²) in [5.74, 6) is 0. The van der Waals surface area contributed by atoms with Gasteiger partial charge in [-0.3, -0.25) is 0 Å². The summed E-state index contributed by atoms with van der Waals surface area (Å²) in [6.07, 6.45) is 6.70. The molecule has 0 bridgehead atoms. The molecular weight excluding hydrogens is 180 g/mol. The fraction of sp³-hybridized carbons (Fsp3) is 0.600. The summed E-state index contributed by atoms with van der Waals surface area (Å²) in [7, 11) is 0. The third-order valence-corrected chi connectivity index (χ3v) is 3.16. The molecule has 0 spiro atoms. The molecule has 0 heteroatoms. The maximum absolute atomic E-state index is 3.08. The van der Waals surface area contributed by atoms with Gasteiger partial charge < -0.3 is 0 Å². The van der Waals surface area contributed by atoms with E-state index in [-0.39, 0.29) is 0 Å². The molecule has 15 heavy (non-hydrogen) atoms. The second kappa shape index (κ2) is 5.95. The molecule has 0 aliphatic heterocycles. The molecular formula is C15H23. The summed E-state index contributed by atoms with van der Waals surface area (Å²) in [5, 5.41) is 0. The van der Waals surface area contributed by atoms with E-state index in [1.54, 1.807) is 0 Å². The van der Waals surface area contributed by atoms with Crippen molar-refractivity contribution in [2.75, 3.05) is 0 Å². The maximum Gasteiger partial charge on any atom is -0.0104 e. The zero-order valence-corrected chi connectivity index (χ0v) is 10.3. The monoisotopic (exact) mass is 203 g/mol. The van der Waals surface area contributed by atoms with E-state index in [4.69, 9.17) is 0 Å². The van der Waals surface area contributed by atoms with Crippen molar-refractivity contribution < 1.29 is 0 Å². The zero-order valence-electron chi connectivity index (χ0n) is 10.3. The number of rotatable bonds is 6. The van der Waals surface area contributed by atoms with Crippen molar-refractivity contribution in [2.24, 2.45) is 0 Å². The van der Waals surface area contributed by atoms with Gasteiger partial charge >= 0.3 is 0 Å². The Balaban J connectivity index is 2.45. The van der Waals surface area contributed by atoms with Crippen LogP contribution in [-0.4, -0.2) is 0 Å². The Kier molecular flexibility index (Phi) is 4.87. The van der Waals surface area contributed by atoms with Gasteiger partial charge in [-0.05, 0) is 23.5 Å². The lowest BCUT2D eigenvalue weighted by Gasteiger charge is -2.25. The summed E-state index contributed by atoms with van der Waals surface area (Å²) in [5.41, 5.74) is 1.76. The molecule has 0 amide bonds. The van der Waals surface area contributed by atoms with Gasteiger partial charge in [0, 0.05) is 0 Å². The fourth-order valence-electron chi connectivity index (χ4n) is 1.98. The Morgan fingerprint density at radius 2 is 1.73 bits per heavy atom. The summed E-state index contributed by atoms with van der Waals surface area (Å²) >= 11 is 0. The van der Waals surface area contributed by atoms with E-state index in [0.717, 1.165) is 0 Å². The smallest absolute Gasteiger partial charge is 0.0104 e. The van der Waals surface area contributed by atoms with Crippen molar-refractivity contribution in [3.05, 3.63) is 35.9 Å². The molecule has 1 radical (unpaired) electrons. The van der Waals surface area contributed by atoms with Crippen molar-refractivity contribution >= 4 is 0 Å². The van der Waals surface area contributed by atoms with Crippen LogP contribution in [0.3, 0.4) is 0 Å². The molecule has 1 rings (SSSR count). The Labute approximate surface area is 94.7 Å². The molecule has 0 N–H and O–H groups in total. The minimum atomic E-state index is 0.322. The number of benzene rings is 1. The number of hydrogen-bond donors (Lipinski definition) is 0. The van der Waals surface area contributed by atoms with Crippen molar-refractivity contribution in [2.45, 2.75) is 58.3 Å². The van der Waals surface area contributed by atoms with Gasteiger partial charge in [-0.1, -0.05) is 70.7 Å². The van der Waals surface area contributed by atoms with Crippen molar-refractivity contribution in [3.8, 4) is 0 Å². The normalized spacial score (nSPS) is 11.7. The van der Waals surface area contributed by atoms with Crippen LogP contribution in [0.25, 0.3) is 0 Å². The van der Waals surface area contributed by atoms with Gasteiger partial charge in [0.05, 0.1) is 0 Å². The standard InChI is InChI=1S/C15H23/c1-4-5-6-10-13-15(2,3)14-11-8-7-9-12-14/h8-9,11-12H,4-6,10,13H2,1-3H3. The van der Waals surface area contributed by atoms with E-state index in [0.29, 0.717) is 5.41 Å². The van der Waals surface area contributed by atoms with E-state index >= 15 is 0 Å². The molecule has 0 heterocycles. The first kappa shape index (κ1) is 12.3. The highest BCUT2D eigenvalue weighted by Crippen LogP contribution is 2.28. The molecule has 0 aliphatic rings. The molecule has 83 valence electrons. The first-order chi connectivity index (χ1) is 7.17. The third kappa shape index (κ3) is 4.07. The molecule has 0 nitrogen and oxygen atoms in total. The van der Waals surface area contributed by atoms with Crippen molar-refractivity contribution in [1.82, 2.24) is 0 Å². The number of hydrogen-bond acceptors (Lipinski definition) is 0. The largest absolute Gasteiger partial charge is 0.0654 e. The highest BCUT2D eigenvalue weighted by Gasteiger charge is 2.18. The van der Waals surface area contributed by atoms with Crippen LogP contribution in [0.5, 0.6) is 0 Å². The van der Waals surface area contributed by atoms with Crippen LogP contribution in [-0.2, 0) is 5.41 Å². The SMILES string of the molecule is CCCCCCC(C)(C)c1cc[c]cc1. The van der Waals surface area contributed by atoms with E-state index in [2.05, 4.69) is 39.0 Å². The molecule has 0 saturated heterocycles. The predicted octanol–water partition coefficient (Wildman–Crippen LogP) is 4.73. The molecule has 0 aromatic heterocycles. The minimum absolute atomic E-state index is 0.322. The van der Waals surface area contributed by atoms with Crippen molar-refractivity contribution in [1.29, 1.82) is 0 Å². The Morgan fingerprint density at radius 3 is 2.33 bits per heavy atom. The van der Waals surface area contributed by atoms with Gasteiger partial charge in [0.25, 0.3) is 0 Å². The van der Waals surface area contributed by atoms with Crippen LogP contribution >= 0.6 is 0 Å². The molecule has 1 aromatic rings. The lowest BCUT2D eigenvalue weighted by Crippen LogP contribution is -2.16. The molecule has 0 unspecified atom stereocenters. The highest BCUT2D eigenvalue weighted by atomic mass is 14.2. The van der Waals surface area contributed by atoms with Gasteiger partial charge in [0.2, 0.25) is 0 Å². The topological polar surface area (TPSA) is 0 Å². The quantitative estimate of drug-likeness (QED) is 0.586. The lowest BCUT2D eigenvalue weighted by atomic mass is 9.80. The molecule has 0 saturated carbocycles. The summed E-state index contributed by atoms with van der Waals surface area (Å²) < 4.78 is 0. The van der Waals surface area contributed by atoms with Crippen molar-refractivity contribution in [3.63, 3.8) is 0 Å². The van der Waals surface area contributed by atoms with Gasteiger partial charge in [-0.15, -0.1) is 0 Å². The molecule has 0 atom stereocenters. The second-order valence-corrected chi connectivity index (χ2v) is 4.98. The van der Waals surface area contributed by atoms with Gasteiger partial charge in [-0.2, -0.15) is 0 Å². The number of unbranched alkanes of at least 4 members (excludes halogenated alkanes) is 3. The van der Waals surface area contributed by atoms with E-state index in [1.165, 1.54) is 37.7 Å². The summed E-state index contributed by atoms with van der Waals surface area (Å²) in [6, 6.07) is 11.5. The van der Waals surface area contributed by atoms with Crippen LogP contribution in [0.1, 0.15) is 58.4 Å². The zero-order chi connectivity index (χ0) is 11.1. The molecule has 0 fully saturated rings. The van der Waals surface area contributed by atoms with E-state index in [1.807, 2.05) is 12.1 Å². The van der Waals surface area contributed by atoms with Crippen LogP contribution in [0, 0.1) is 6.07 Å². The Bertz CT molecular complexity index is 259. The molecule has 0 aliphatic carbocycles. The third-order valence-electron chi connectivity index (χ3n) is 3.16. The van der Waals surface area contributed by atoms with E-state index in [9.17, 15) is 0 Å². The lowest BCUT2D eigenvalue weighted by molar-refractivity contribution is 0.446. The fourth-order valence-corrected chi connectivity index (χ4v) is 1.98. The summed E-state index contributed by atoms with van der Waals surface area (Å²) in [6.45, 7) is 6.95. The first-order valence-corrected chi connectivity index (χ1v) is 6.13.